The zero-order chi connectivity index (χ0) is 11.8. The maximum atomic E-state index is 12.3. The molecule has 1 aliphatic carbocycles. The molecule has 0 spiro atoms. The topological polar surface area (TPSA) is 65.3 Å². The van der Waals surface area contributed by atoms with Crippen LogP contribution in [-0.4, -0.2) is 20.7 Å². The van der Waals surface area contributed by atoms with E-state index in [1.165, 1.54) is 6.42 Å². The van der Waals surface area contributed by atoms with Crippen molar-refractivity contribution in [2.75, 3.05) is 6.54 Å². The van der Waals surface area contributed by atoms with E-state index in [-0.39, 0.29) is 5.56 Å². The van der Waals surface area contributed by atoms with Gasteiger partial charge in [0.05, 0.1) is 5.69 Å². The Morgan fingerprint density at radius 2 is 2.12 bits per heavy atom. The molecule has 0 unspecified atom stereocenters. The lowest BCUT2D eigenvalue weighted by Crippen LogP contribution is -2.25. The van der Waals surface area contributed by atoms with Gasteiger partial charge in [-0.05, 0) is 25.7 Å². The second kappa shape index (κ2) is 4.00. The van der Waals surface area contributed by atoms with Crippen molar-refractivity contribution in [2.45, 2.75) is 32.2 Å². The summed E-state index contributed by atoms with van der Waals surface area (Å²) in [6.45, 7) is 1.04. The molecular formula is C12H16N4O. The molecule has 5 heteroatoms. The molecule has 3 rings (SSSR count). The van der Waals surface area contributed by atoms with Gasteiger partial charge in [0.2, 0.25) is 0 Å². The van der Waals surface area contributed by atoms with Crippen molar-refractivity contribution in [2.24, 2.45) is 5.73 Å². The van der Waals surface area contributed by atoms with Gasteiger partial charge in [-0.3, -0.25) is 4.79 Å². The summed E-state index contributed by atoms with van der Waals surface area (Å²) in [5.41, 5.74) is 8.53. The molecule has 0 saturated heterocycles. The summed E-state index contributed by atoms with van der Waals surface area (Å²) in [5.74, 6) is 0. The van der Waals surface area contributed by atoms with Crippen molar-refractivity contribution in [3.8, 4) is 0 Å². The minimum atomic E-state index is 0.0357. The Kier molecular flexibility index (Phi) is 2.48. The number of nitrogens with two attached hydrogens (primary N) is 1. The molecule has 0 radical (unpaired) electrons. The van der Waals surface area contributed by atoms with Crippen molar-refractivity contribution in [3.63, 3.8) is 0 Å². The SMILES string of the molecule is NCCn1ccn2nc3c(c2c1=O)CCCC3. The van der Waals surface area contributed by atoms with Gasteiger partial charge < -0.3 is 10.3 Å². The van der Waals surface area contributed by atoms with E-state index in [2.05, 4.69) is 5.10 Å². The zero-order valence-corrected chi connectivity index (χ0v) is 9.72. The molecule has 0 fully saturated rings. The Bertz CT molecular complexity index is 611. The van der Waals surface area contributed by atoms with Crippen LogP contribution < -0.4 is 11.3 Å². The number of rotatable bonds is 2. The summed E-state index contributed by atoms with van der Waals surface area (Å²) in [7, 11) is 0. The van der Waals surface area contributed by atoms with Crippen LogP contribution in [0.25, 0.3) is 5.52 Å². The molecule has 0 saturated carbocycles. The molecule has 0 bridgehead atoms. The molecule has 0 atom stereocenters. The van der Waals surface area contributed by atoms with E-state index >= 15 is 0 Å². The van der Waals surface area contributed by atoms with Gasteiger partial charge in [0.15, 0.2) is 0 Å². The predicted octanol–water partition coefficient (Wildman–Crippen LogP) is 0.333. The van der Waals surface area contributed by atoms with Gasteiger partial charge in [-0.15, -0.1) is 0 Å². The lowest BCUT2D eigenvalue weighted by Gasteiger charge is -2.08. The van der Waals surface area contributed by atoms with E-state index in [9.17, 15) is 4.79 Å². The molecule has 2 aromatic heterocycles. The van der Waals surface area contributed by atoms with E-state index in [4.69, 9.17) is 5.73 Å². The van der Waals surface area contributed by atoms with Crippen LogP contribution in [0.2, 0.25) is 0 Å². The minimum absolute atomic E-state index is 0.0357. The highest BCUT2D eigenvalue weighted by molar-refractivity contribution is 5.55. The lowest BCUT2D eigenvalue weighted by molar-refractivity contribution is 0.671. The summed E-state index contributed by atoms with van der Waals surface area (Å²) < 4.78 is 3.40. The highest BCUT2D eigenvalue weighted by atomic mass is 16.1. The molecule has 17 heavy (non-hydrogen) atoms. The summed E-state index contributed by atoms with van der Waals surface area (Å²) in [4.78, 5) is 12.3. The summed E-state index contributed by atoms with van der Waals surface area (Å²) >= 11 is 0. The molecule has 0 aromatic carbocycles. The van der Waals surface area contributed by atoms with E-state index in [0.717, 1.165) is 36.0 Å². The first-order valence-corrected chi connectivity index (χ1v) is 6.11. The van der Waals surface area contributed by atoms with Gasteiger partial charge in [-0.25, -0.2) is 4.52 Å². The number of aromatic nitrogens is 3. The maximum absolute atomic E-state index is 12.3. The van der Waals surface area contributed by atoms with Crippen LogP contribution in [-0.2, 0) is 19.4 Å². The normalized spacial score (nSPS) is 15.1. The van der Waals surface area contributed by atoms with Gasteiger partial charge >= 0.3 is 0 Å². The van der Waals surface area contributed by atoms with Crippen LogP contribution in [0.3, 0.4) is 0 Å². The Labute approximate surface area is 98.9 Å². The third-order valence-electron chi connectivity index (χ3n) is 3.40. The van der Waals surface area contributed by atoms with E-state index in [1.54, 1.807) is 15.3 Å². The Hall–Kier alpha value is -1.62. The van der Waals surface area contributed by atoms with Crippen molar-refractivity contribution in [1.82, 2.24) is 14.2 Å². The largest absolute Gasteiger partial charge is 0.329 e. The van der Waals surface area contributed by atoms with Crippen LogP contribution in [0.4, 0.5) is 0 Å². The van der Waals surface area contributed by atoms with E-state index in [1.807, 2.05) is 6.20 Å². The average molecular weight is 232 g/mol. The van der Waals surface area contributed by atoms with Crippen LogP contribution >= 0.6 is 0 Å². The van der Waals surface area contributed by atoms with Gasteiger partial charge in [0.25, 0.3) is 5.56 Å². The third-order valence-corrected chi connectivity index (χ3v) is 3.40. The quantitative estimate of drug-likeness (QED) is 0.811. The second-order valence-corrected chi connectivity index (χ2v) is 4.51. The highest BCUT2D eigenvalue weighted by Crippen LogP contribution is 2.22. The van der Waals surface area contributed by atoms with Gasteiger partial charge in [-0.1, -0.05) is 0 Å². The first-order valence-electron chi connectivity index (χ1n) is 6.11. The van der Waals surface area contributed by atoms with Crippen molar-refractivity contribution < 1.29 is 0 Å². The van der Waals surface area contributed by atoms with Crippen LogP contribution in [0.1, 0.15) is 24.1 Å². The number of hydrogen-bond acceptors (Lipinski definition) is 3. The fourth-order valence-electron chi connectivity index (χ4n) is 2.57. The molecule has 2 N–H and O–H groups in total. The molecule has 1 aliphatic rings. The Balaban J connectivity index is 2.27. The first-order chi connectivity index (χ1) is 8.31. The Morgan fingerprint density at radius 1 is 1.29 bits per heavy atom. The van der Waals surface area contributed by atoms with Crippen LogP contribution in [0.15, 0.2) is 17.2 Å². The van der Waals surface area contributed by atoms with Crippen molar-refractivity contribution in [3.05, 3.63) is 34.0 Å². The second-order valence-electron chi connectivity index (χ2n) is 4.51. The van der Waals surface area contributed by atoms with Crippen molar-refractivity contribution >= 4 is 5.52 Å². The van der Waals surface area contributed by atoms with E-state index < -0.39 is 0 Å². The van der Waals surface area contributed by atoms with Gasteiger partial charge in [-0.2, -0.15) is 5.10 Å². The number of aryl methyl sites for hydroxylation is 2. The van der Waals surface area contributed by atoms with Crippen molar-refractivity contribution in [1.29, 1.82) is 0 Å². The summed E-state index contributed by atoms with van der Waals surface area (Å²) in [6, 6.07) is 0. The average Bonchev–Trinajstić information content (AvgIpc) is 2.72. The Morgan fingerprint density at radius 3 is 2.94 bits per heavy atom. The predicted molar refractivity (Wildman–Crippen MR) is 65.1 cm³/mol. The molecule has 2 heterocycles. The fourth-order valence-corrected chi connectivity index (χ4v) is 2.57. The van der Waals surface area contributed by atoms with Crippen LogP contribution in [0.5, 0.6) is 0 Å². The zero-order valence-electron chi connectivity index (χ0n) is 9.72. The number of fused-ring (bicyclic) bond motifs is 3. The maximum Gasteiger partial charge on any atom is 0.276 e. The van der Waals surface area contributed by atoms with Gasteiger partial charge in [0, 0.05) is 31.0 Å². The van der Waals surface area contributed by atoms with Gasteiger partial charge in [0.1, 0.15) is 5.52 Å². The molecule has 90 valence electrons. The highest BCUT2D eigenvalue weighted by Gasteiger charge is 2.19. The minimum Gasteiger partial charge on any atom is -0.329 e. The molecular weight excluding hydrogens is 216 g/mol. The number of hydrogen-bond donors (Lipinski definition) is 1. The van der Waals surface area contributed by atoms with Crippen LogP contribution in [0, 0.1) is 0 Å². The summed E-state index contributed by atoms with van der Waals surface area (Å²) in [5, 5.41) is 4.49. The standard InChI is InChI=1S/C12H16N4O/c13-5-6-15-7-8-16-11(12(15)17)9-3-1-2-4-10(9)14-16/h7-8H,1-6,13H2. The molecule has 0 amide bonds. The lowest BCUT2D eigenvalue weighted by atomic mass is 9.97. The molecule has 5 nitrogen and oxygen atoms in total. The van der Waals surface area contributed by atoms with E-state index in [0.29, 0.717) is 13.1 Å². The monoisotopic (exact) mass is 232 g/mol. The fraction of sp³-hybridized carbons (Fsp3) is 0.500. The molecule has 2 aromatic rings. The molecule has 0 aliphatic heterocycles. The first kappa shape index (κ1) is 10.5. The number of nitrogens with zero attached hydrogens (tertiary/aromatic N) is 3. The smallest absolute Gasteiger partial charge is 0.276 e. The third kappa shape index (κ3) is 1.58. The summed E-state index contributed by atoms with van der Waals surface area (Å²) in [6.07, 6.45) is 7.91.